The molecule has 0 aromatic heterocycles. The Hall–Kier alpha value is -2.67. The van der Waals surface area contributed by atoms with Gasteiger partial charge in [-0.25, -0.2) is 4.79 Å². The second-order valence-corrected chi connectivity index (χ2v) is 8.95. The van der Waals surface area contributed by atoms with E-state index in [0.717, 1.165) is 5.56 Å². The maximum absolute atomic E-state index is 13.1. The summed E-state index contributed by atoms with van der Waals surface area (Å²) in [6.45, 7) is 7.46. The fourth-order valence-electron chi connectivity index (χ4n) is 3.22. The zero-order valence-electron chi connectivity index (χ0n) is 16.8. The van der Waals surface area contributed by atoms with E-state index in [4.69, 9.17) is 4.74 Å². The molecule has 1 aliphatic rings. The number of halogens is 1. The van der Waals surface area contributed by atoms with Crippen molar-refractivity contribution in [3.63, 3.8) is 0 Å². The smallest absolute Gasteiger partial charge is 0.412 e. The molecule has 1 unspecified atom stereocenters. The number of carbonyl (C=O) groups excluding carboxylic acids is 3. The number of benzene rings is 2. The predicted molar refractivity (Wildman–Crippen MR) is 114 cm³/mol. The molecule has 29 heavy (non-hydrogen) atoms. The van der Waals surface area contributed by atoms with Crippen LogP contribution in [0, 0.1) is 0 Å². The second-order valence-electron chi connectivity index (χ2n) is 8.04. The second kappa shape index (κ2) is 7.99. The molecule has 1 N–H and O–H groups in total. The van der Waals surface area contributed by atoms with Crippen LogP contribution in [0.2, 0.25) is 0 Å². The fraction of sp³-hybridized carbons (Fsp3) is 0.318. The van der Waals surface area contributed by atoms with Crippen LogP contribution in [-0.4, -0.2) is 35.0 Å². The van der Waals surface area contributed by atoms with Crippen LogP contribution < -0.4 is 5.32 Å². The van der Waals surface area contributed by atoms with E-state index in [0.29, 0.717) is 4.47 Å². The Kier molecular flexibility index (Phi) is 5.80. The Labute approximate surface area is 178 Å². The molecule has 0 saturated carbocycles. The molecule has 0 fully saturated rings. The first kappa shape index (κ1) is 21.0. The number of carbonyl (C=O) groups is 3. The third kappa shape index (κ3) is 4.67. The van der Waals surface area contributed by atoms with Crippen LogP contribution >= 0.6 is 15.9 Å². The van der Waals surface area contributed by atoms with Crippen molar-refractivity contribution >= 4 is 39.5 Å². The van der Waals surface area contributed by atoms with Gasteiger partial charge in [0.05, 0.1) is 16.8 Å². The van der Waals surface area contributed by atoms with E-state index in [1.807, 2.05) is 37.3 Å². The Morgan fingerprint density at radius 2 is 1.79 bits per heavy atom. The van der Waals surface area contributed by atoms with E-state index >= 15 is 0 Å². The van der Waals surface area contributed by atoms with Gasteiger partial charge in [0.25, 0.3) is 11.8 Å². The molecule has 152 valence electrons. The van der Waals surface area contributed by atoms with E-state index in [1.165, 1.54) is 4.90 Å². The first-order valence-electron chi connectivity index (χ1n) is 9.31. The topological polar surface area (TPSA) is 75.7 Å². The number of hydrogen-bond donors (Lipinski definition) is 1. The molecule has 0 bridgehead atoms. The van der Waals surface area contributed by atoms with Gasteiger partial charge in [-0.2, -0.15) is 0 Å². The van der Waals surface area contributed by atoms with E-state index in [1.54, 1.807) is 32.9 Å². The van der Waals surface area contributed by atoms with Gasteiger partial charge in [-0.1, -0.05) is 53.2 Å². The molecule has 3 amide bonds. The van der Waals surface area contributed by atoms with Crippen molar-refractivity contribution in [3.05, 3.63) is 63.6 Å². The fourth-order valence-corrected chi connectivity index (χ4v) is 3.68. The zero-order valence-corrected chi connectivity index (χ0v) is 18.4. The molecule has 3 rings (SSSR count). The van der Waals surface area contributed by atoms with Gasteiger partial charge in [0.2, 0.25) is 0 Å². The summed E-state index contributed by atoms with van der Waals surface area (Å²) in [6, 6.07) is 12.9. The number of fused-ring (bicyclic) bond motifs is 1. The average Bonchev–Trinajstić information content (AvgIpc) is 2.85. The monoisotopic (exact) mass is 458 g/mol. The molecular weight excluding hydrogens is 436 g/mol. The summed E-state index contributed by atoms with van der Waals surface area (Å²) in [6.07, 6.45) is -0.686. The number of anilines is 1. The van der Waals surface area contributed by atoms with Gasteiger partial charge < -0.3 is 4.74 Å². The molecule has 1 aliphatic heterocycles. The summed E-state index contributed by atoms with van der Waals surface area (Å²) in [7, 11) is 0. The van der Waals surface area contributed by atoms with Crippen LogP contribution in [0.25, 0.3) is 0 Å². The molecular formula is C22H23BrN2O4. The van der Waals surface area contributed by atoms with Crippen molar-refractivity contribution in [1.82, 2.24) is 4.90 Å². The molecule has 2 aromatic rings. The Bertz CT molecular complexity index is 967. The summed E-state index contributed by atoms with van der Waals surface area (Å²) in [4.78, 5) is 39.4. The highest BCUT2D eigenvalue weighted by Gasteiger charge is 2.39. The van der Waals surface area contributed by atoms with Crippen molar-refractivity contribution in [2.75, 3.05) is 11.9 Å². The largest absolute Gasteiger partial charge is 0.444 e. The number of rotatable bonds is 4. The minimum atomic E-state index is -0.686. The minimum absolute atomic E-state index is 0.0240. The lowest BCUT2D eigenvalue weighted by atomic mass is 10.0. The lowest BCUT2D eigenvalue weighted by Gasteiger charge is -2.21. The number of hydrogen-bond acceptors (Lipinski definition) is 4. The van der Waals surface area contributed by atoms with Crippen LogP contribution in [0.1, 0.15) is 59.9 Å². The summed E-state index contributed by atoms with van der Waals surface area (Å²) < 4.78 is 5.86. The van der Waals surface area contributed by atoms with Crippen LogP contribution in [-0.2, 0) is 4.74 Å². The molecule has 6 nitrogen and oxygen atoms in total. The number of amides is 3. The van der Waals surface area contributed by atoms with Crippen molar-refractivity contribution < 1.29 is 19.1 Å². The maximum atomic E-state index is 13.1. The van der Waals surface area contributed by atoms with Crippen LogP contribution in [0.4, 0.5) is 10.5 Å². The summed E-state index contributed by atoms with van der Waals surface area (Å²) in [5.41, 5.74) is 1.05. The van der Waals surface area contributed by atoms with Gasteiger partial charge in [0, 0.05) is 11.0 Å². The molecule has 0 aliphatic carbocycles. The number of nitrogens with zero attached hydrogens (tertiary/aromatic N) is 1. The molecule has 0 saturated heterocycles. The van der Waals surface area contributed by atoms with Crippen LogP contribution in [0.3, 0.4) is 0 Å². The van der Waals surface area contributed by atoms with Gasteiger partial charge in [-0.3, -0.25) is 19.8 Å². The minimum Gasteiger partial charge on any atom is -0.444 e. The van der Waals surface area contributed by atoms with Gasteiger partial charge in [-0.05, 0) is 44.4 Å². The van der Waals surface area contributed by atoms with E-state index in [2.05, 4.69) is 21.2 Å². The predicted octanol–water partition coefficient (Wildman–Crippen LogP) is 5.20. The molecule has 0 spiro atoms. The summed E-state index contributed by atoms with van der Waals surface area (Å²) >= 11 is 3.35. The average molecular weight is 459 g/mol. The quantitative estimate of drug-likeness (QED) is 0.639. The zero-order chi connectivity index (χ0) is 21.3. The molecule has 7 heteroatoms. The van der Waals surface area contributed by atoms with Crippen molar-refractivity contribution in [3.8, 4) is 0 Å². The third-order valence-electron chi connectivity index (χ3n) is 4.50. The Balaban J connectivity index is 1.88. The lowest BCUT2D eigenvalue weighted by molar-refractivity contribution is 0.0632. The van der Waals surface area contributed by atoms with Crippen molar-refractivity contribution in [1.29, 1.82) is 0 Å². The highest BCUT2D eigenvalue weighted by atomic mass is 79.9. The molecule has 2 aromatic carbocycles. The Morgan fingerprint density at radius 1 is 1.14 bits per heavy atom. The SMILES string of the molecule is CC(CN1C(=O)c2cc(Br)cc(NC(=O)OC(C)(C)C)c2C1=O)c1ccccc1. The summed E-state index contributed by atoms with van der Waals surface area (Å²) in [5, 5.41) is 2.61. The van der Waals surface area contributed by atoms with Crippen LogP contribution in [0.15, 0.2) is 46.9 Å². The first-order chi connectivity index (χ1) is 13.6. The Morgan fingerprint density at radius 3 is 2.41 bits per heavy atom. The maximum Gasteiger partial charge on any atom is 0.412 e. The van der Waals surface area contributed by atoms with Gasteiger partial charge >= 0.3 is 6.09 Å². The first-order valence-corrected chi connectivity index (χ1v) is 10.1. The number of nitrogens with one attached hydrogen (secondary N) is 1. The normalized spacial score (nSPS) is 14.6. The van der Waals surface area contributed by atoms with Gasteiger partial charge in [0.15, 0.2) is 0 Å². The lowest BCUT2D eigenvalue weighted by Crippen LogP contribution is -2.33. The molecule has 1 atom stereocenters. The van der Waals surface area contributed by atoms with Crippen LogP contribution in [0.5, 0.6) is 0 Å². The van der Waals surface area contributed by atoms with E-state index in [-0.39, 0.29) is 35.2 Å². The van der Waals surface area contributed by atoms with Crippen molar-refractivity contribution in [2.24, 2.45) is 0 Å². The molecule has 0 radical (unpaired) electrons. The molecule has 1 heterocycles. The number of ether oxygens (including phenoxy) is 1. The summed E-state index contributed by atoms with van der Waals surface area (Å²) in [5.74, 6) is -0.822. The van der Waals surface area contributed by atoms with Gasteiger partial charge in [-0.15, -0.1) is 0 Å². The van der Waals surface area contributed by atoms with E-state index < -0.39 is 17.6 Å². The standard InChI is InChI=1S/C22H23BrN2O4/c1-13(14-8-6-5-7-9-14)12-25-19(26)16-10-15(23)11-17(18(16)20(25)27)24-21(28)29-22(2,3)4/h5-11,13H,12H2,1-4H3,(H,24,28). The highest BCUT2D eigenvalue weighted by Crippen LogP contribution is 2.34. The van der Waals surface area contributed by atoms with Gasteiger partial charge in [0.1, 0.15) is 5.60 Å². The number of imide groups is 1. The van der Waals surface area contributed by atoms with Crippen molar-refractivity contribution in [2.45, 2.75) is 39.2 Å². The van der Waals surface area contributed by atoms with E-state index in [9.17, 15) is 14.4 Å². The highest BCUT2D eigenvalue weighted by molar-refractivity contribution is 9.10. The third-order valence-corrected chi connectivity index (χ3v) is 4.96.